The smallest absolute Gasteiger partial charge is 0.136 e. The molecule has 14 heavy (non-hydrogen) atoms. The van der Waals surface area contributed by atoms with E-state index in [4.69, 9.17) is 0 Å². The van der Waals surface area contributed by atoms with Crippen molar-refractivity contribution in [3.8, 4) is 0 Å². The van der Waals surface area contributed by atoms with Crippen molar-refractivity contribution in [2.24, 2.45) is 17.8 Å². The molecule has 1 fully saturated rings. The van der Waals surface area contributed by atoms with Gasteiger partial charge in [-0.05, 0) is 37.5 Å². The maximum Gasteiger partial charge on any atom is 0.136 e. The van der Waals surface area contributed by atoms with Crippen LogP contribution in [0.1, 0.15) is 46.0 Å². The van der Waals surface area contributed by atoms with E-state index in [1.54, 1.807) is 0 Å². The molecule has 0 amide bonds. The van der Waals surface area contributed by atoms with Gasteiger partial charge in [0.05, 0.1) is 0 Å². The molecule has 80 valence electrons. The summed E-state index contributed by atoms with van der Waals surface area (Å²) < 4.78 is 0. The molecule has 0 aromatic carbocycles. The highest BCUT2D eigenvalue weighted by Crippen LogP contribution is 2.33. The van der Waals surface area contributed by atoms with E-state index >= 15 is 0 Å². The van der Waals surface area contributed by atoms with Gasteiger partial charge in [-0.2, -0.15) is 0 Å². The second-order valence-electron chi connectivity index (χ2n) is 4.81. The van der Waals surface area contributed by atoms with E-state index in [0.717, 1.165) is 43.9 Å². The second kappa shape index (κ2) is 5.33. The molecule has 2 unspecified atom stereocenters. The molecule has 1 heteroatoms. The molecule has 1 rings (SSSR count). The van der Waals surface area contributed by atoms with Crippen LogP contribution in [-0.4, -0.2) is 5.78 Å². The van der Waals surface area contributed by atoms with Gasteiger partial charge >= 0.3 is 0 Å². The van der Waals surface area contributed by atoms with Gasteiger partial charge in [0.25, 0.3) is 0 Å². The fourth-order valence-corrected chi connectivity index (χ4v) is 2.35. The lowest BCUT2D eigenvalue weighted by molar-refractivity contribution is -0.126. The Labute approximate surface area is 87.6 Å². The molecule has 0 radical (unpaired) electrons. The largest absolute Gasteiger partial charge is 0.299 e. The Balaban J connectivity index is 2.46. The van der Waals surface area contributed by atoms with Crippen LogP contribution in [0.3, 0.4) is 0 Å². The van der Waals surface area contributed by atoms with E-state index in [2.05, 4.69) is 20.4 Å². The van der Waals surface area contributed by atoms with Crippen molar-refractivity contribution in [2.45, 2.75) is 46.0 Å². The van der Waals surface area contributed by atoms with Crippen LogP contribution in [0.5, 0.6) is 0 Å². The van der Waals surface area contributed by atoms with Crippen LogP contribution >= 0.6 is 0 Å². The van der Waals surface area contributed by atoms with Crippen LogP contribution in [0, 0.1) is 17.8 Å². The number of allylic oxidation sites excluding steroid dienone is 1. The molecule has 1 aliphatic rings. The van der Waals surface area contributed by atoms with Gasteiger partial charge in [-0.3, -0.25) is 4.79 Å². The van der Waals surface area contributed by atoms with E-state index in [0.29, 0.717) is 11.7 Å². The summed E-state index contributed by atoms with van der Waals surface area (Å²) >= 11 is 0. The van der Waals surface area contributed by atoms with Crippen LogP contribution < -0.4 is 0 Å². The average molecular weight is 194 g/mol. The van der Waals surface area contributed by atoms with Crippen molar-refractivity contribution < 1.29 is 4.79 Å². The fraction of sp³-hybridized carbons (Fsp3) is 0.769. The molecule has 1 saturated carbocycles. The van der Waals surface area contributed by atoms with E-state index in [-0.39, 0.29) is 0 Å². The Morgan fingerprint density at radius 1 is 1.57 bits per heavy atom. The van der Waals surface area contributed by atoms with Crippen molar-refractivity contribution in [1.29, 1.82) is 0 Å². The lowest BCUT2D eigenvalue weighted by Crippen LogP contribution is -2.27. The Kier molecular flexibility index (Phi) is 4.37. The van der Waals surface area contributed by atoms with E-state index in [9.17, 15) is 4.79 Å². The summed E-state index contributed by atoms with van der Waals surface area (Å²) in [6.45, 7) is 8.25. The lowest BCUT2D eigenvalue weighted by Gasteiger charge is -2.30. The highest BCUT2D eigenvalue weighted by molar-refractivity contribution is 5.81. The molecule has 0 aromatic heterocycles. The number of carbonyl (C=O) groups is 1. The first kappa shape index (κ1) is 11.5. The Morgan fingerprint density at radius 3 is 2.86 bits per heavy atom. The van der Waals surface area contributed by atoms with Gasteiger partial charge < -0.3 is 0 Å². The Bertz CT molecular complexity index is 205. The van der Waals surface area contributed by atoms with Crippen molar-refractivity contribution >= 4 is 5.78 Å². The summed E-state index contributed by atoms with van der Waals surface area (Å²) in [6, 6.07) is 0. The monoisotopic (exact) mass is 194 g/mol. The van der Waals surface area contributed by atoms with Gasteiger partial charge in [-0.25, -0.2) is 0 Å². The lowest BCUT2D eigenvalue weighted by atomic mass is 9.74. The third-order valence-electron chi connectivity index (χ3n) is 3.47. The van der Waals surface area contributed by atoms with Crippen molar-refractivity contribution in [2.75, 3.05) is 0 Å². The maximum atomic E-state index is 11.6. The number of hydrogen-bond donors (Lipinski definition) is 0. The molecule has 0 bridgehead atoms. The maximum absolute atomic E-state index is 11.6. The zero-order valence-corrected chi connectivity index (χ0v) is 9.46. The van der Waals surface area contributed by atoms with E-state index in [1.807, 2.05) is 6.08 Å². The molecular formula is C13H22O. The number of carbonyl (C=O) groups excluding carboxylic acids is 1. The van der Waals surface area contributed by atoms with Crippen LogP contribution in [0.25, 0.3) is 0 Å². The first-order chi connectivity index (χ1) is 6.65. The Morgan fingerprint density at radius 2 is 2.29 bits per heavy atom. The SMILES string of the molecule is C=CCCC1CC(C(C)C)CCC1=O. The number of Topliss-reactive ketones (excluding diaryl/α,β-unsaturated/α-hetero) is 1. The van der Waals surface area contributed by atoms with E-state index in [1.165, 1.54) is 0 Å². The first-order valence-corrected chi connectivity index (χ1v) is 5.78. The summed E-state index contributed by atoms with van der Waals surface area (Å²) in [4.78, 5) is 11.6. The van der Waals surface area contributed by atoms with Gasteiger partial charge in [-0.1, -0.05) is 19.9 Å². The summed E-state index contributed by atoms with van der Waals surface area (Å²) in [5, 5.41) is 0. The van der Waals surface area contributed by atoms with Gasteiger partial charge in [0, 0.05) is 12.3 Å². The second-order valence-corrected chi connectivity index (χ2v) is 4.81. The number of hydrogen-bond acceptors (Lipinski definition) is 1. The minimum absolute atomic E-state index is 0.328. The highest BCUT2D eigenvalue weighted by atomic mass is 16.1. The van der Waals surface area contributed by atoms with Crippen LogP contribution in [0.4, 0.5) is 0 Å². The number of ketones is 1. The minimum atomic E-state index is 0.328. The zero-order chi connectivity index (χ0) is 10.6. The predicted molar refractivity (Wildman–Crippen MR) is 60.1 cm³/mol. The van der Waals surface area contributed by atoms with Gasteiger partial charge in [0.2, 0.25) is 0 Å². The molecular weight excluding hydrogens is 172 g/mol. The van der Waals surface area contributed by atoms with Gasteiger partial charge in [-0.15, -0.1) is 6.58 Å². The standard InChI is InChI=1S/C13H22O/c1-4-5-6-12-9-11(10(2)3)7-8-13(12)14/h4,10-12H,1,5-9H2,2-3H3. The van der Waals surface area contributed by atoms with Gasteiger partial charge in [0.1, 0.15) is 5.78 Å². The average Bonchev–Trinajstić information content (AvgIpc) is 2.16. The quantitative estimate of drug-likeness (QED) is 0.625. The summed E-state index contributed by atoms with van der Waals surface area (Å²) in [6.07, 6.45) is 6.97. The molecule has 0 N–H and O–H groups in total. The topological polar surface area (TPSA) is 17.1 Å². The molecule has 2 atom stereocenters. The summed E-state index contributed by atoms with van der Waals surface area (Å²) in [5.41, 5.74) is 0. The van der Waals surface area contributed by atoms with Crippen LogP contribution in [0.15, 0.2) is 12.7 Å². The first-order valence-electron chi connectivity index (χ1n) is 5.78. The van der Waals surface area contributed by atoms with E-state index < -0.39 is 0 Å². The molecule has 1 aliphatic carbocycles. The van der Waals surface area contributed by atoms with Crippen molar-refractivity contribution in [3.63, 3.8) is 0 Å². The third-order valence-corrected chi connectivity index (χ3v) is 3.47. The third kappa shape index (κ3) is 2.97. The van der Waals surface area contributed by atoms with Gasteiger partial charge in [0.15, 0.2) is 0 Å². The minimum Gasteiger partial charge on any atom is -0.299 e. The zero-order valence-electron chi connectivity index (χ0n) is 9.46. The normalized spacial score (nSPS) is 28.1. The predicted octanol–water partition coefficient (Wildman–Crippen LogP) is 3.59. The van der Waals surface area contributed by atoms with Crippen molar-refractivity contribution in [1.82, 2.24) is 0 Å². The van der Waals surface area contributed by atoms with Crippen LogP contribution in [-0.2, 0) is 4.79 Å². The summed E-state index contributed by atoms with van der Waals surface area (Å²) in [7, 11) is 0. The molecule has 1 nitrogen and oxygen atoms in total. The molecule has 0 aliphatic heterocycles. The molecule has 0 saturated heterocycles. The summed E-state index contributed by atoms with van der Waals surface area (Å²) in [5.74, 6) is 2.31. The van der Waals surface area contributed by atoms with Crippen LogP contribution in [0.2, 0.25) is 0 Å². The highest BCUT2D eigenvalue weighted by Gasteiger charge is 2.29. The molecule has 0 heterocycles. The number of rotatable bonds is 4. The van der Waals surface area contributed by atoms with Crippen molar-refractivity contribution in [3.05, 3.63) is 12.7 Å². The fourth-order valence-electron chi connectivity index (χ4n) is 2.35. The molecule has 0 aromatic rings. The Hall–Kier alpha value is -0.590. The molecule has 0 spiro atoms.